The monoisotopic (exact) mass is 342 g/mol. The first-order valence-electron chi connectivity index (χ1n) is 8.52. The van der Waals surface area contributed by atoms with Crippen molar-refractivity contribution in [3.8, 4) is 11.4 Å². The third kappa shape index (κ3) is 3.39. The van der Waals surface area contributed by atoms with Gasteiger partial charge in [-0.3, -0.25) is 9.97 Å². The van der Waals surface area contributed by atoms with Crippen LogP contribution >= 0.6 is 0 Å². The van der Waals surface area contributed by atoms with Crippen LogP contribution in [0.25, 0.3) is 17.1 Å². The molecule has 6 heteroatoms. The highest BCUT2D eigenvalue weighted by Crippen LogP contribution is 2.29. The lowest BCUT2D eigenvalue weighted by Crippen LogP contribution is -2.02. The molecule has 0 aromatic carbocycles. The average Bonchev–Trinajstić information content (AvgIpc) is 2.68. The van der Waals surface area contributed by atoms with E-state index >= 15 is 0 Å². The molecule has 0 saturated heterocycles. The van der Waals surface area contributed by atoms with Gasteiger partial charge < -0.3 is 0 Å². The zero-order chi connectivity index (χ0) is 17.9. The zero-order valence-corrected chi connectivity index (χ0v) is 14.7. The van der Waals surface area contributed by atoms with E-state index in [-0.39, 0.29) is 6.04 Å². The summed E-state index contributed by atoms with van der Waals surface area (Å²) >= 11 is 0. The largest absolute Gasteiger partial charge is 0.256 e. The summed E-state index contributed by atoms with van der Waals surface area (Å²) in [4.78, 5) is 9.00. The summed E-state index contributed by atoms with van der Waals surface area (Å²) in [5.74, 6) is 0. The molecule has 1 aliphatic heterocycles. The van der Waals surface area contributed by atoms with Crippen LogP contribution in [0.4, 0.5) is 0 Å². The standard InChI is InChI=1S/C20H18N6/c1-13-5-3-7-15(21-13)17-9-11-19(25-23-17)20-12-10-18(24-26-20)16-8-4-6-14(2)22-16/h3-9,11-12,18H,10H2,1-2H3. The van der Waals surface area contributed by atoms with Crippen LogP contribution in [0.3, 0.4) is 0 Å². The molecule has 26 heavy (non-hydrogen) atoms. The second-order valence-electron chi connectivity index (χ2n) is 6.23. The van der Waals surface area contributed by atoms with Crippen LogP contribution in [0.5, 0.6) is 0 Å². The van der Waals surface area contributed by atoms with Crippen molar-refractivity contribution in [2.24, 2.45) is 10.2 Å². The molecule has 1 atom stereocenters. The van der Waals surface area contributed by atoms with Crippen LogP contribution in [0.2, 0.25) is 0 Å². The number of aromatic nitrogens is 4. The Hall–Kier alpha value is -3.28. The molecule has 4 rings (SSSR count). The number of nitrogens with zero attached hydrogens (tertiary/aromatic N) is 6. The predicted octanol–water partition coefficient (Wildman–Crippen LogP) is 4.49. The molecule has 0 bridgehead atoms. The van der Waals surface area contributed by atoms with Crippen LogP contribution < -0.4 is 0 Å². The van der Waals surface area contributed by atoms with Gasteiger partial charge in [-0.05, 0) is 56.7 Å². The van der Waals surface area contributed by atoms with Gasteiger partial charge in [-0.25, -0.2) is 0 Å². The van der Waals surface area contributed by atoms with Gasteiger partial charge in [0.2, 0.25) is 0 Å². The maximum atomic E-state index is 4.53. The normalized spacial score (nSPS) is 16.4. The van der Waals surface area contributed by atoms with E-state index < -0.39 is 0 Å². The molecule has 0 fully saturated rings. The predicted molar refractivity (Wildman–Crippen MR) is 99.2 cm³/mol. The van der Waals surface area contributed by atoms with Crippen LogP contribution in [0, 0.1) is 13.8 Å². The lowest BCUT2D eigenvalue weighted by molar-refractivity contribution is 0.659. The Morgan fingerprint density at radius 3 is 2.15 bits per heavy atom. The number of hydrogen-bond acceptors (Lipinski definition) is 6. The molecular formula is C20H18N6. The van der Waals surface area contributed by atoms with E-state index in [4.69, 9.17) is 0 Å². The van der Waals surface area contributed by atoms with E-state index in [1.165, 1.54) is 0 Å². The van der Waals surface area contributed by atoms with E-state index in [1.54, 1.807) is 0 Å². The maximum absolute atomic E-state index is 4.53. The summed E-state index contributed by atoms with van der Waals surface area (Å²) < 4.78 is 0. The Kier molecular flexibility index (Phi) is 4.31. The summed E-state index contributed by atoms with van der Waals surface area (Å²) in [6.45, 7) is 3.93. The van der Waals surface area contributed by atoms with Gasteiger partial charge in [0.25, 0.3) is 0 Å². The van der Waals surface area contributed by atoms with Gasteiger partial charge in [-0.2, -0.15) is 10.2 Å². The molecule has 1 aliphatic rings. The van der Waals surface area contributed by atoms with Crippen LogP contribution in [0.15, 0.2) is 64.8 Å². The molecule has 3 aromatic rings. The Balaban J connectivity index is 1.51. The lowest BCUT2D eigenvalue weighted by Gasteiger charge is -2.14. The number of aryl methyl sites for hydroxylation is 2. The fourth-order valence-electron chi connectivity index (χ4n) is 2.82. The van der Waals surface area contributed by atoms with Crippen molar-refractivity contribution < 1.29 is 0 Å². The topological polar surface area (TPSA) is 76.3 Å². The SMILES string of the molecule is Cc1cccc(-c2ccc(C3=CCC(c4cccc(C)n4)N=N3)nn2)n1. The molecular weight excluding hydrogens is 324 g/mol. The molecule has 0 saturated carbocycles. The van der Waals surface area contributed by atoms with Gasteiger partial charge in [0.15, 0.2) is 0 Å². The van der Waals surface area contributed by atoms with Crippen LogP contribution in [-0.2, 0) is 0 Å². The van der Waals surface area contributed by atoms with Crippen molar-refractivity contribution in [3.63, 3.8) is 0 Å². The summed E-state index contributed by atoms with van der Waals surface area (Å²) in [5, 5.41) is 17.3. The smallest absolute Gasteiger partial charge is 0.117 e. The number of rotatable bonds is 3. The number of pyridine rings is 2. The molecule has 4 heterocycles. The minimum Gasteiger partial charge on any atom is -0.256 e. The van der Waals surface area contributed by atoms with Crippen molar-refractivity contribution in [2.75, 3.05) is 0 Å². The highest BCUT2D eigenvalue weighted by Gasteiger charge is 2.17. The summed E-state index contributed by atoms with van der Waals surface area (Å²) in [6, 6.07) is 15.6. The summed E-state index contributed by atoms with van der Waals surface area (Å²) in [7, 11) is 0. The van der Waals surface area contributed by atoms with E-state index in [1.807, 2.05) is 68.5 Å². The van der Waals surface area contributed by atoms with Crippen LogP contribution in [-0.4, -0.2) is 20.2 Å². The first kappa shape index (κ1) is 16.2. The average molecular weight is 342 g/mol. The molecule has 6 nitrogen and oxygen atoms in total. The van der Waals surface area contributed by atoms with Crippen molar-refractivity contribution in [2.45, 2.75) is 26.3 Å². The molecule has 0 spiro atoms. The van der Waals surface area contributed by atoms with Crippen molar-refractivity contribution in [3.05, 3.63) is 77.4 Å². The summed E-state index contributed by atoms with van der Waals surface area (Å²) in [6.07, 6.45) is 2.79. The number of hydrogen-bond donors (Lipinski definition) is 0. The molecule has 0 aliphatic carbocycles. The lowest BCUT2D eigenvalue weighted by atomic mass is 10.1. The Morgan fingerprint density at radius 2 is 1.50 bits per heavy atom. The van der Waals surface area contributed by atoms with E-state index in [9.17, 15) is 0 Å². The molecule has 0 radical (unpaired) electrons. The number of azo groups is 1. The van der Waals surface area contributed by atoms with Crippen LogP contribution in [0.1, 0.15) is 35.2 Å². The molecule has 0 amide bonds. The van der Waals surface area contributed by atoms with Gasteiger partial charge in [-0.15, -0.1) is 10.2 Å². The van der Waals surface area contributed by atoms with Gasteiger partial charge in [0.05, 0.1) is 11.4 Å². The van der Waals surface area contributed by atoms with E-state index in [2.05, 4.69) is 30.4 Å². The summed E-state index contributed by atoms with van der Waals surface area (Å²) in [5.41, 5.74) is 5.88. The Bertz CT molecular complexity index is 991. The van der Waals surface area contributed by atoms with Crippen molar-refractivity contribution in [1.82, 2.24) is 20.2 Å². The van der Waals surface area contributed by atoms with Gasteiger partial charge in [0.1, 0.15) is 23.1 Å². The fraction of sp³-hybridized carbons (Fsp3) is 0.200. The molecule has 1 unspecified atom stereocenters. The molecule has 3 aromatic heterocycles. The van der Waals surface area contributed by atoms with E-state index in [0.29, 0.717) is 5.69 Å². The van der Waals surface area contributed by atoms with Crippen molar-refractivity contribution in [1.29, 1.82) is 0 Å². The fourth-order valence-corrected chi connectivity index (χ4v) is 2.82. The minimum atomic E-state index is -0.0395. The quantitative estimate of drug-likeness (QED) is 0.703. The zero-order valence-electron chi connectivity index (χ0n) is 14.7. The van der Waals surface area contributed by atoms with Gasteiger partial charge in [-0.1, -0.05) is 18.2 Å². The second-order valence-corrected chi connectivity index (χ2v) is 6.23. The highest BCUT2D eigenvalue weighted by molar-refractivity contribution is 5.63. The molecule has 0 N–H and O–H groups in total. The van der Waals surface area contributed by atoms with E-state index in [0.717, 1.165) is 40.6 Å². The third-order valence-electron chi connectivity index (χ3n) is 4.17. The highest BCUT2D eigenvalue weighted by atomic mass is 15.2. The van der Waals surface area contributed by atoms with Gasteiger partial charge in [0, 0.05) is 11.4 Å². The van der Waals surface area contributed by atoms with Gasteiger partial charge >= 0.3 is 0 Å². The maximum Gasteiger partial charge on any atom is 0.117 e. The Labute approximate surface area is 151 Å². The first-order chi connectivity index (χ1) is 12.7. The third-order valence-corrected chi connectivity index (χ3v) is 4.17. The van der Waals surface area contributed by atoms with Crippen molar-refractivity contribution >= 4 is 5.70 Å². The first-order valence-corrected chi connectivity index (χ1v) is 8.52. The Morgan fingerprint density at radius 1 is 0.769 bits per heavy atom. The molecule has 128 valence electrons. The second kappa shape index (κ2) is 6.92. The minimum absolute atomic E-state index is 0.0395.